The Kier molecular flexibility index (Phi) is 2.28. The van der Waals surface area contributed by atoms with Gasteiger partial charge in [-0.3, -0.25) is 0 Å². The molecule has 74 valence electrons. The molecule has 13 heavy (non-hydrogen) atoms. The normalized spacial score (nSPS) is 43.8. The zero-order chi connectivity index (χ0) is 9.42. The molecule has 2 bridgehead atoms. The Morgan fingerprint density at radius 3 is 2.85 bits per heavy atom. The van der Waals surface area contributed by atoms with Crippen molar-refractivity contribution in [1.82, 2.24) is 4.90 Å². The van der Waals surface area contributed by atoms with Crippen molar-refractivity contribution in [2.45, 2.75) is 32.2 Å². The van der Waals surface area contributed by atoms with Crippen molar-refractivity contribution in [2.24, 2.45) is 17.0 Å². The second-order valence-corrected chi connectivity index (χ2v) is 4.66. The van der Waals surface area contributed by atoms with E-state index < -0.39 is 0 Å². The third kappa shape index (κ3) is 1.57. The quantitative estimate of drug-likeness (QED) is 0.456. The lowest BCUT2D eigenvalue weighted by molar-refractivity contribution is 0.106. The molecule has 2 heterocycles. The molecular weight excluding hydrogens is 164 g/mol. The molecule has 3 nitrogen and oxygen atoms in total. The zero-order valence-corrected chi connectivity index (χ0v) is 8.40. The van der Waals surface area contributed by atoms with E-state index in [1.807, 2.05) is 0 Å². The van der Waals surface area contributed by atoms with E-state index in [0.29, 0.717) is 12.0 Å². The summed E-state index contributed by atoms with van der Waals surface area (Å²) < 4.78 is 0. The zero-order valence-electron chi connectivity index (χ0n) is 8.40. The van der Waals surface area contributed by atoms with Gasteiger partial charge in [-0.2, -0.15) is 0 Å². The van der Waals surface area contributed by atoms with E-state index in [4.69, 9.17) is 5.21 Å². The first-order valence-corrected chi connectivity index (χ1v) is 5.10. The van der Waals surface area contributed by atoms with Crippen molar-refractivity contribution in [3.8, 4) is 0 Å². The molecule has 0 aromatic rings. The molecule has 0 aromatic carbocycles. The van der Waals surface area contributed by atoms with E-state index in [0.717, 1.165) is 24.5 Å². The molecule has 2 aliphatic heterocycles. The van der Waals surface area contributed by atoms with E-state index in [2.05, 4.69) is 24.0 Å². The van der Waals surface area contributed by atoms with Crippen molar-refractivity contribution in [1.29, 1.82) is 0 Å². The molecule has 3 atom stereocenters. The van der Waals surface area contributed by atoms with Gasteiger partial charge in [0.25, 0.3) is 0 Å². The van der Waals surface area contributed by atoms with Gasteiger partial charge in [-0.15, -0.1) is 0 Å². The maximum absolute atomic E-state index is 8.82. The predicted octanol–water partition coefficient (Wildman–Crippen LogP) is 1.57. The molecule has 3 rings (SSSR count). The summed E-state index contributed by atoms with van der Waals surface area (Å²) in [5.41, 5.74) is 1.00. The fourth-order valence-electron chi connectivity index (χ4n) is 2.98. The SMILES string of the molecule is C[C@@H]1C[C@H]2C/C(=N/O)C[C@H]1N(C)C2. The van der Waals surface area contributed by atoms with Crippen LogP contribution in [0.5, 0.6) is 0 Å². The Balaban J connectivity index is 2.21. The Morgan fingerprint density at radius 1 is 1.46 bits per heavy atom. The predicted molar refractivity (Wildman–Crippen MR) is 52.1 cm³/mol. The molecule has 0 spiro atoms. The summed E-state index contributed by atoms with van der Waals surface area (Å²) in [5, 5.41) is 12.2. The summed E-state index contributed by atoms with van der Waals surface area (Å²) in [7, 11) is 2.19. The van der Waals surface area contributed by atoms with Crippen molar-refractivity contribution in [2.75, 3.05) is 13.6 Å². The number of hydrogen-bond donors (Lipinski definition) is 1. The van der Waals surface area contributed by atoms with Crippen LogP contribution < -0.4 is 0 Å². The molecule has 3 heteroatoms. The molecule has 1 N–H and O–H groups in total. The molecule has 0 unspecified atom stereocenters. The second-order valence-electron chi connectivity index (χ2n) is 4.66. The van der Waals surface area contributed by atoms with Crippen LogP contribution in [-0.2, 0) is 0 Å². The van der Waals surface area contributed by atoms with Crippen LogP contribution in [-0.4, -0.2) is 35.5 Å². The minimum atomic E-state index is 0.602. The second kappa shape index (κ2) is 3.29. The maximum Gasteiger partial charge on any atom is 0.0589 e. The van der Waals surface area contributed by atoms with Gasteiger partial charge in [-0.25, -0.2) is 0 Å². The first-order chi connectivity index (χ1) is 6.20. The van der Waals surface area contributed by atoms with Crippen LogP contribution in [0.15, 0.2) is 5.16 Å². The van der Waals surface area contributed by atoms with Gasteiger partial charge < -0.3 is 10.1 Å². The standard InChI is InChI=1S/C10H18N2O/c1-7-3-8-4-9(11-13)5-10(7)12(2)6-8/h7-8,10,13H,3-6H2,1-2H3/b11-9-/t7-,8+,10-/m1/s1. The highest BCUT2D eigenvalue weighted by Gasteiger charge is 2.36. The lowest BCUT2D eigenvalue weighted by Gasteiger charge is -2.38. The largest absolute Gasteiger partial charge is 0.411 e. The lowest BCUT2D eigenvalue weighted by atomic mass is 9.86. The minimum absolute atomic E-state index is 0.602. The van der Waals surface area contributed by atoms with E-state index in [1.165, 1.54) is 13.0 Å². The first-order valence-electron chi connectivity index (χ1n) is 5.10. The molecular formula is C10H18N2O. The fourth-order valence-corrected chi connectivity index (χ4v) is 2.98. The number of hydrogen-bond acceptors (Lipinski definition) is 3. The van der Waals surface area contributed by atoms with Crippen molar-refractivity contribution in [3.05, 3.63) is 0 Å². The summed E-state index contributed by atoms with van der Waals surface area (Å²) in [6, 6.07) is 0.602. The third-order valence-corrected chi connectivity index (χ3v) is 3.58. The smallest absolute Gasteiger partial charge is 0.0589 e. The van der Waals surface area contributed by atoms with Gasteiger partial charge in [0.2, 0.25) is 0 Å². The van der Waals surface area contributed by atoms with Crippen molar-refractivity contribution in [3.63, 3.8) is 0 Å². The Hall–Kier alpha value is -0.570. The summed E-state index contributed by atoms with van der Waals surface area (Å²) in [6.45, 7) is 3.49. The van der Waals surface area contributed by atoms with Gasteiger partial charge >= 0.3 is 0 Å². The number of rotatable bonds is 0. The van der Waals surface area contributed by atoms with Crippen molar-refractivity contribution >= 4 is 5.71 Å². The number of fused-ring (bicyclic) bond motifs is 4. The van der Waals surface area contributed by atoms with E-state index >= 15 is 0 Å². The van der Waals surface area contributed by atoms with Gasteiger partial charge in [0.1, 0.15) is 0 Å². The third-order valence-electron chi connectivity index (χ3n) is 3.58. The molecule has 0 amide bonds. The van der Waals surface area contributed by atoms with Crippen LogP contribution in [0.1, 0.15) is 26.2 Å². The van der Waals surface area contributed by atoms with Crippen LogP contribution in [0.4, 0.5) is 0 Å². The number of oxime groups is 1. The van der Waals surface area contributed by atoms with Gasteiger partial charge in [0.15, 0.2) is 0 Å². The Bertz CT molecular complexity index is 215. The van der Waals surface area contributed by atoms with Gasteiger partial charge in [-0.1, -0.05) is 12.1 Å². The van der Waals surface area contributed by atoms with Crippen LogP contribution >= 0.6 is 0 Å². The van der Waals surface area contributed by atoms with E-state index in [9.17, 15) is 0 Å². The molecule has 1 saturated carbocycles. The van der Waals surface area contributed by atoms with Crippen LogP contribution in [0.2, 0.25) is 0 Å². The molecule has 3 fully saturated rings. The summed E-state index contributed by atoms with van der Waals surface area (Å²) in [4.78, 5) is 2.43. The average molecular weight is 182 g/mol. The Morgan fingerprint density at radius 2 is 2.23 bits per heavy atom. The average Bonchev–Trinajstić information content (AvgIpc) is 2.32. The summed E-state index contributed by atoms with van der Waals surface area (Å²) in [6.07, 6.45) is 3.26. The Labute approximate surface area is 79.4 Å². The highest BCUT2D eigenvalue weighted by atomic mass is 16.4. The highest BCUT2D eigenvalue weighted by molar-refractivity contribution is 5.85. The van der Waals surface area contributed by atoms with E-state index in [1.54, 1.807) is 0 Å². The molecule has 2 saturated heterocycles. The monoisotopic (exact) mass is 182 g/mol. The topological polar surface area (TPSA) is 35.8 Å². The summed E-state index contributed by atoms with van der Waals surface area (Å²) >= 11 is 0. The molecule has 0 radical (unpaired) electrons. The van der Waals surface area contributed by atoms with Gasteiger partial charge in [-0.05, 0) is 31.7 Å². The van der Waals surface area contributed by atoms with Gasteiger partial charge in [0, 0.05) is 19.0 Å². The fraction of sp³-hybridized carbons (Fsp3) is 0.900. The number of nitrogens with zero attached hydrogens (tertiary/aromatic N) is 2. The molecule has 0 aromatic heterocycles. The van der Waals surface area contributed by atoms with Crippen molar-refractivity contribution < 1.29 is 5.21 Å². The first kappa shape index (κ1) is 9.00. The highest BCUT2D eigenvalue weighted by Crippen LogP contribution is 2.34. The molecule has 3 aliphatic rings. The lowest BCUT2D eigenvalue weighted by Crippen LogP contribution is -2.43. The van der Waals surface area contributed by atoms with E-state index in [-0.39, 0.29) is 0 Å². The number of piperidine rings is 1. The van der Waals surface area contributed by atoms with Crippen LogP contribution in [0.3, 0.4) is 0 Å². The minimum Gasteiger partial charge on any atom is -0.411 e. The summed E-state index contributed by atoms with van der Waals surface area (Å²) in [5.74, 6) is 1.47. The van der Waals surface area contributed by atoms with Crippen LogP contribution in [0, 0.1) is 11.8 Å². The maximum atomic E-state index is 8.82. The molecule has 1 aliphatic carbocycles. The van der Waals surface area contributed by atoms with Crippen LogP contribution in [0.25, 0.3) is 0 Å². The van der Waals surface area contributed by atoms with Gasteiger partial charge in [0.05, 0.1) is 5.71 Å².